The van der Waals surface area contributed by atoms with Gasteiger partial charge >= 0.3 is 0 Å². The van der Waals surface area contributed by atoms with Crippen molar-refractivity contribution in [2.75, 3.05) is 18.4 Å². The van der Waals surface area contributed by atoms with Crippen LogP contribution < -0.4 is 5.32 Å². The van der Waals surface area contributed by atoms with Gasteiger partial charge in [0.15, 0.2) is 0 Å². The number of aryl methyl sites for hydroxylation is 2. The number of piperidine rings is 1. The van der Waals surface area contributed by atoms with Gasteiger partial charge in [-0.25, -0.2) is 0 Å². The Morgan fingerprint density at radius 2 is 1.60 bits per heavy atom. The Bertz CT molecular complexity index is 999. The molecule has 1 heterocycles. The molecule has 4 rings (SSSR count). The summed E-state index contributed by atoms with van der Waals surface area (Å²) in [6.07, 6.45) is 3.90. The molecule has 1 N–H and O–H groups in total. The number of hydrogen-bond acceptors (Lipinski definition) is 2. The van der Waals surface area contributed by atoms with Gasteiger partial charge in [0.25, 0.3) is 0 Å². The number of anilines is 1. The average molecular weight is 401 g/mol. The Morgan fingerprint density at radius 1 is 0.933 bits per heavy atom. The van der Waals surface area contributed by atoms with Crippen LogP contribution in [0, 0.1) is 5.92 Å². The molecule has 0 aromatic heterocycles. The minimum Gasteiger partial charge on any atom is -0.325 e. The van der Waals surface area contributed by atoms with E-state index in [-0.39, 0.29) is 11.8 Å². The molecular formula is C27H32N2O. The van der Waals surface area contributed by atoms with E-state index in [2.05, 4.69) is 84.7 Å². The van der Waals surface area contributed by atoms with Crippen LogP contribution in [-0.2, 0) is 24.2 Å². The number of carbonyl (C=O) groups is 1. The number of benzene rings is 3. The van der Waals surface area contributed by atoms with Gasteiger partial charge < -0.3 is 5.32 Å². The van der Waals surface area contributed by atoms with E-state index in [0.717, 1.165) is 51.0 Å². The summed E-state index contributed by atoms with van der Waals surface area (Å²) in [6, 6.07) is 21.4. The predicted octanol–water partition coefficient (Wildman–Crippen LogP) is 5.82. The third-order valence-electron chi connectivity index (χ3n) is 6.40. The number of fused-ring (bicyclic) bond motifs is 1. The van der Waals surface area contributed by atoms with Crippen LogP contribution in [0.1, 0.15) is 43.4 Å². The zero-order valence-corrected chi connectivity index (χ0v) is 18.2. The van der Waals surface area contributed by atoms with Crippen LogP contribution in [0.5, 0.6) is 0 Å². The van der Waals surface area contributed by atoms with E-state index in [1.807, 2.05) is 0 Å². The Hall–Kier alpha value is -2.65. The lowest BCUT2D eigenvalue weighted by Gasteiger charge is -2.32. The van der Waals surface area contributed by atoms with Crippen LogP contribution in [0.15, 0.2) is 60.7 Å². The maximum atomic E-state index is 13.2. The minimum atomic E-state index is 0.0448. The summed E-state index contributed by atoms with van der Waals surface area (Å²) in [5.41, 5.74) is 4.84. The third-order valence-corrected chi connectivity index (χ3v) is 6.40. The first-order chi connectivity index (χ1) is 14.7. The number of nitrogens with zero attached hydrogens (tertiary/aromatic N) is 1. The summed E-state index contributed by atoms with van der Waals surface area (Å²) in [6.45, 7) is 7.08. The van der Waals surface area contributed by atoms with Crippen molar-refractivity contribution in [3.63, 3.8) is 0 Å². The van der Waals surface area contributed by atoms with Crippen molar-refractivity contribution in [2.45, 2.75) is 46.1 Å². The number of likely N-dealkylation sites (tertiary alicyclic amines) is 1. The van der Waals surface area contributed by atoms with Crippen molar-refractivity contribution in [3.8, 4) is 0 Å². The maximum absolute atomic E-state index is 13.2. The van der Waals surface area contributed by atoms with E-state index in [4.69, 9.17) is 0 Å². The molecule has 30 heavy (non-hydrogen) atoms. The summed E-state index contributed by atoms with van der Waals surface area (Å²) in [5.74, 6) is 0.219. The lowest BCUT2D eigenvalue weighted by molar-refractivity contribution is -0.121. The van der Waals surface area contributed by atoms with Gasteiger partial charge in [-0.3, -0.25) is 9.69 Å². The molecule has 0 spiro atoms. The Labute approximate surface area is 180 Å². The molecule has 3 heteroatoms. The molecule has 1 atom stereocenters. The van der Waals surface area contributed by atoms with Crippen LogP contribution in [0.4, 0.5) is 5.69 Å². The second kappa shape index (κ2) is 9.44. The fourth-order valence-electron chi connectivity index (χ4n) is 4.71. The molecular weight excluding hydrogens is 368 g/mol. The van der Waals surface area contributed by atoms with Gasteiger partial charge in [-0.15, -0.1) is 0 Å². The van der Waals surface area contributed by atoms with Crippen LogP contribution >= 0.6 is 0 Å². The fraction of sp³-hybridized carbons (Fsp3) is 0.370. The zero-order chi connectivity index (χ0) is 20.9. The van der Waals surface area contributed by atoms with E-state index in [9.17, 15) is 4.79 Å². The second-order valence-corrected chi connectivity index (χ2v) is 8.36. The van der Waals surface area contributed by atoms with Gasteiger partial charge in [0.1, 0.15) is 0 Å². The number of para-hydroxylation sites is 1. The second-order valence-electron chi connectivity index (χ2n) is 8.36. The predicted molar refractivity (Wildman–Crippen MR) is 126 cm³/mol. The highest BCUT2D eigenvalue weighted by Crippen LogP contribution is 2.27. The number of rotatable bonds is 6. The number of amides is 1. The minimum absolute atomic E-state index is 0.0448. The first-order valence-electron chi connectivity index (χ1n) is 11.3. The molecule has 1 aliphatic heterocycles. The molecule has 3 aromatic rings. The Kier molecular flexibility index (Phi) is 6.49. The summed E-state index contributed by atoms with van der Waals surface area (Å²) in [7, 11) is 0. The fourth-order valence-corrected chi connectivity index (χ4v) is 4.71. The number of hydrogen-bond donors (Lipinski definition) is 1. The van der Waals surface area contributed by atoms with Gasteiger partial charge in [-0.1, -0.05) is 74.5 Å². The molecule has 0 aliphatic carbocycles. The molecule has 1 saturated heterocycles. The van der Waals surface area contributed by atoms with E-state index < -0.39 is 0 Å². The zero-order valence-electron chi connectivity index (χ0n) is 18.2. The maximum Gasteiger partial charge on any atom is 0.228 e. The molecule has 1 fully saturated rings. The number of carbonyl (C=O) groups excluding carboxylic acids is 1. The highest BCUT2D eigenvalue weighted by molar-refractivity contribution is 5.94. The summed E-state index contributed by atoms with van der Waals surface area (Å²) >= 11 is 0. The van der Waals surface area contributed by atoms with Gasteiger partial charge in [-0.05, 0) is 59.7 Å². The quantitative estimate of drug-likeness (QED) is 0.566. The van der Waals surface area contributed by atoms with Crippen LogP contribution in [0.2, 0.25) is 0 Å². The van der Waals surface area contributed by atoms with E-state index in [1.54, 1.807) is 0 Å². The van der Waals surface area contributed by atoms with Crippen molar-refractivity contribution in [1.82, 2.24) is 4.90 Å². The first-order valence-corrected chi connectivity index (χ1v) is 11.3. The van der Waals surface area contributed by atoms with Crippen molar-refractivity contribution in [3.05, 3.63) is 77.4 Å². The van der Waals surface area contributed by atoms with Crippen LogP contribution in [-0.4, -0.2) is 23.9 Å². The summed E-state index contributed by atoms with van der Waals surface area (Å²) < 4.78 is 0. The number of nitrogens with one attached hydrogen (secondary N) is 1. The average Bonchev–Trinajstić information content (AvgIpc) is 2.79. The first kappa shape index (κ1) is 20.6. The lowest BCUT2D eigenvalue weighted by atomic mass is 9.95. The smallest absolute Gasteiger partial charge is 0.228 e. The van der Waals surface area contributed by atoms with Gasteiger partial charge in [0, 0.05) is 18.8 Å². The molecule has 3 aromatic carbocycles. The van der Waals surface area contributed by atoms with Crippen molar-refractivity contribution >= 4 is 22.4 Å². The molecule has 3 nitrogen and oxygen atoms in total. The molecule has 1 amide bonds. The lowest BCUT2D eigenvalue weighted by Crippen LogP contribution is -2.40. The SMILES string of the molecule is CCc1cccc(CC)c1NC(=O)C1CCCN(Cc2cccc3ccccc23)C1. The monoisotopic (exact) mass is 400 g/mol. The van der Waals surface area contributed by atoms with Crippen LogP contribution in [0.25, 0.3) is 10.8 Å². The third kappa shape index (κ3) is 4.41. The van der Waals surface area contributed by atoms with Gasteiger partial charge in [0.05, 0.1) is 5.92 Å². The highest BCUT2D eigenvalue weighted by atomic mass is 16.1. The molecule has 0 saturated carbocycles. The van der Waals surface area contributed by atoms with Crippen LogP contribution in [0.3, 0.4) is 0 Å². The van der Waals surface area contributed by atoms with Crippen molar-refractivity contribution in [2.24, 2.45) is 5.92 Å². The summed E-state index contributed by atoms with van der Waals surface area (Å²) in [5, 5.41) is 5.90. The normalized spacial score (nSPS) is 17.2. The van der Waals surface area contributed by atoms with Crippen molar-refractivity contribution in [1.29, 1.82) is 0 Å². The highest BCUT2D eigenvalue weighted by Gasteiger charge is 2.27. The molecule has 0 bridgehead atoms. The largest absolute Gasteiger partial charge is 0.325 e. The Morgan fingerprint density at radius 3 is 2.37 bits per heavy atom. The van der Waals surface area contributed by atoms with E-state index >= 15 is 0 Å². The van der Waals surface area contributed by atoms with Gasteiger partial charge in [-0.2, -0.15) is 0 Å². The molecule has 1 unspecified atom stereocenters. The standard InChI is InChI=1S/C27H32N2O/c1-3-20-11-7-12-21(4-2)26(20)28-27(30)24-15-9-17-29(19-24)18-23-14-8-13-22-10-5-6-16-25(22)23/h5-8,10-14,16,24H,3-4,9,15,17-19H2,1-2H3,(H,28,30). The van der Waals surface area contributed by atoms with Gasteiger partial charge in [0.2, 0.25) is 5.91 Å². The topological polar surface area (TPSA) is 32.3 Å². The van der Waals surface area contributed by atoms with E-state index in [0.29, 0.717) is 0 Å². The Balaban J connectivity index is 1.47. The van der Waals surface area contributed by atoms with Crippen molar-refractivity contribution < 1.29 is 4.79 Å². The molecule has 156 valence electrons. The molecule has 1 aliphatic rings. The summed E-state index contributed by atoms with van der Waals surface area (Å²) in [4.78, 5) is 15.6. The molecule has 0 radical (unpaired) electrons. The van der Waals surface area contributed by atoms with E-state index in [1.165, 1.54) is 27.5 Å².